The molecule has 96 valence electrons. The fraction of sp³-hybridized carbons (Fsp3) is 0.562. The highest BCUT2D eigenvalue weighted by Gasteiger charge is 2.14. The normalized spacial score (nSPS) is 17.4. The lowest BCUT2D eigenvalue weighted by atomic mass is 9.87. The lowest BCUT2D eigenvalue weighted by Gasteiger charge is -2.21. The highest BCUT2D eigenvalue weighted by Crippen LogP contribution is 2.27. The van der Waals surface area contributed by atoms with E-state index in [2.05, 4.69) is 40.7 Å². The molecular weight excluding hydrogens is 220 g/mol. The molecule has 0 saturated heterocycles. The van der Waals surface area contributed by atoms with Gasteiger partial charge in [0.05, 0.1) is 11.0 Å². The highest BCUT2D eigenvalue weighted by molar-refractivity contribution is 5.75. The maximum atomic E-state index is 4.64. The number of imidazole rings is 1. The van der Waals surface area contributed by atoms with Crippen LogP contribution in [0.25, 0.3) is 11.0 Å². The van der Waals surface area contributed by atoms with Gasteiger partial charge in [-0.05, 0) is 31.4 Å². The second-order valence-corrected chi connectivity index (χ2v) is 5.59. The number of hydrogen-bond donors (Lipinski definition) is 0. The fourth-order valence-corrected chi connectivity index (χ4v) is 3.27. The van der Waals surface area contributed by atoms with Gasteiger partial charge in [-0.1, -0.05) is 44.2 Å². The van der Waals surface area contributed by atoms with E-state index >= 15 is 0 Å². The van der Waals surface area contributed by atoms with Gasteiger partial charge in [0.25, 0.3) is 0 Å². The quantitative estimate of drug-likeness (QED) is 0.784. The molecule has 2 nitrogen and oxygen atoms in total. The van der Waals surface area contributed by atoms with E-state index in [0.717, 1.165) is 23.8 Å². The van der Waals surface area contributed by atoms with Crippen LogP contribution in [0.1, 0.15) is 44.3 Å². The lowest BCUT2D eigenvalue weighted by molar-refractivity contribution is 0.324. The molecule has 1 heterocycles. The van der Waals surface area contributed by atoms with Crippen LogP contribution in [0.5, 0.6) is 0 Å². The third kappa shape index (κ3) is 2.29. The Morgan fingerprint density at radius 2 is 1.94 bits per heavy atom. The molecule has 0 spiro atoms. The predicted molar refractivity (Wildman–Crippen MR) is 75.7 cm³/mol. The van der Waals surface area contributed by atoms with Crippen LogP contribution in [0, 0.1) is 12.8 Å². The van der Waals surface area contributed by atoms with Crippen molar-refractivity contribution in [3.8, 4) is 0 Å². The van der Waals surface area contributed by atoms with E-state index in [1.807, 2.05) is 0 Å². The largest absolute Gasteiger partial charge is 0.328 e. The first kappa shape index (κ1) is 11.8. The molecule has 2 heteroatoms. The summed E-state index contributed by atoms with van der Waals surface area (Å²) in [6.07, 6.45) is 8.52. The molecule has 0 unspecified atom stereocenters. The zero-order valence-corrected chi connectivity index (χ0v) is 11.2. The van der Waals surface area contributed by atoms with Crippen molar-refractivity contribution in [3.63, 3.8) is 0 Å². The summed E-state index contributed by atoms with van der Waals surface area (Å²) in [7, 11) is 0. The summed E-state index contributed by atoms with van der Waals surface area (Å²) in [5.74, 6) is 2.10. The van der Waals surface area contributed by atoms with Gasteiger partial charge >= 0.3 is 0 Å². The Balaban J connectivity index is 1.75. The summed E-state index contributed by atoms with van der Waals surface area (Å²) < 4.78 is 2.39. The molecule has 0 amide bonds. The second-order valence-electron chi connectivity index (χ2n) is 5.59. The summed E-state index contributed by atoms with van der Waals surface area (Å²) >= 11 is 0. The van der Waals surface area contributed by atoms with E-state index in [1.165, 1.54) is 44.0 Å². The SMILES string of the molecule is Cc1nc2ccccc2n1CCC1CCCCC1. The smallest absolute Gasteiger partial charge is 0.106 e. The van der Waals surface area contributed by atoms with Gasteiger partial charge in [-0.15, -0.1) is 0 Å². The molecular formula is C16H22N2. The number of hydrogen-bond acceptors (Lipinski definition) is 1. The minimum atomic E-state index is 0.944. The van der Waals surface area contributed by atoms with Crippen LogP contribution in [0.2, 0.25) is 0 Å². The van der Waals surface area contributed by atoms with E-state index in [-0.39, 0.29) is 0 Å². The van der Waals surface area contributed by atoms with Crippen molar-refractivity contribution in [2.24, 2.45) is 5.92 Å². The molecule has 18 heavy (non-hydrogen) atoms. The number of rotatable bonds is 3. The third-order valence-corrected chi connectivity index (χ3v) is 4.33. The van der Waals surface area contributed by atoms with Gasteiger partial charge in [0.1, 0.15) is 5.82 Å². The van der Waals surface area contributed by atoms with Crippen molar-refractivity contribution >= 4 is 11.0 Å². The first-order valence-corrected chi connectivity index (χ1v) is 7.26. The average Bonchev–Trinajstić information content (AvgIpc) is 2.73. The standard InChI is InChI=1S/C16H22N2/c1-13-17-15-9-5-6-10-16(15)18(13)12-11-14-7-3-2-4-8-14/h5-6,9-10,14H,2-4,7-8,11-12H2,1H3. The van der Waals surface area contributed by atoms with Crippen molar-refractivity contribution in [1.29, 1.82) is 0 Å². The Morgan fingerprint density at radius 1 is 1.17 bits per heavy atom. The molecule has 0 bridgehead atoms. The number of aromatic nitrogens is 2. The lowest BCUT2D eigenvalue weighted by Crippen LogP contribution is -2.10. The molecule has 2 aromatic rings. The van der Waals surface area contributed by atoms with Crippen molar-refractivity contribution in [3.05, 3.63) is 30.1 Å². The van der Waals surface area contributed by atoms with Gasteiger partial charge in [-0.25, -0.2) is 4.98 Å². The number of nitrogens with zero attached hydrogens (tertiary/aromatic N) is 2. The molecule has 3 rings (SSSR count). The summed E-state index contributed by atoms with van der Waals surface area (Å²) in [5.41, 5.74) is 2.43. The highest BCUT2D eigenvalue weighted by atomic mass is 15.1. The number of benzene rings is 1. The molecule has 1 fully saturated rings. The maximum Gasteiger partial charge on any atom is 0.106 e. The van der Waals surface area contributed by atoms with Crippen molar-refractivity contribution < 1.29 is 0 Å². The molecule has 1 aliphatic carbocycles. The van der Waals surface area contributed by atoms with Crippen LogP contribution in [0.15, 0.2) is 24.3 Å². The molecule has 0 radical (unpaired) electrons. The Morgan fingerprint density at radius 3 is 2.78 bits per heavy atom. The van der Waals surface area contributed by atoms with Crippen LogP contribution in [-0.2, 0) is 6.54 Å². The van der Waals surface area contributed by atoms with Gasteiger partial charge in [-0.3, -0.25) is 0 Å². The van der Waals surface area contributed by atoms with Crippen LogP contribution >= 0.6 is 0 Å². The Kier molecular flexibility index (Phi) is 3.35. The first-order valence-electron chi connectivity index (χ1n) is 7.26. The molecule has 1 aromatic carbocycles. The van der Waals surface area contributed by atoms with Crippen molar-refractivity contribution in [1.82, 2.24) is 9.55 Å². The predicted octanol–water partition coefficient (Wildman–Crippen LogP) is 4.32. The first-order chi connectivity index (χ1) is 8.84. The van der Waals surface area contributed by atoms with E-state index < -0.39 is 0 Å². The monoisotopic (exact) mass is 242 g/mol. The zero-order chi connectivity index (χ0) is 12.4. The maximum absolute atomic E-state index is 4.64. The minimum Gasteiger partial charge on any atom is -0.328 e. The Labute approximate surface area is 109 Å². The molecule has 0 aliphatic heterocycles. The molecule has 0 N–H and O–H groups in total. The topological polar surface area (TPSA) is 17.8 Å². The number of para-hydroxylation sites is 2. The van der Waals surface area contributed by atoms with E-state index in [1.54, 1.807) is 0 Å². The third-order valence-electron chi connectivity index (χ3n) is 4.33. The zero-order valence-electron chi connectivity index (χ0n) is 11.2. The number of fused-ring (bicyclic) bond motifs is 1. The van der Waals surface area contributed by atoms with Gasteiger partial charge in [0, 0.05) is 6.54 Å². The van der Waals surface area contributed by atoms with Gasteiger partial charge < -0.3 is 4.57 Å². The molecule has 1 aliphatic rings. The summed E-state index contributed by atoms with van der Waals surface area (Å²) in [6, 6.07) is 8.48. The average molecular weight is 242 g/mol. The number of aryl methyl sites for hydroxylation is 2. The summed E-state index contributed by atoms with van der Waals surface area (Å²) in [6.45, 7) is 3.26. The Hall–Kier alpha value is -1.31. The van der Waals surface area contributed by atoms with Crippen molar-refractivity contribution in [2.45, 2.75) is 52.0 Å². The fourth-order valence-electron chi connectivity index (χ4n) is 3.27. The van der Waals surface area contributed by atoms with Gasteiger partial charge in [-0.2, -0.15) is 0 Å². The van der Waals surface area contributed by atoms with Crippen molar-refractivity contribution in [2.75, 3.05) is 0 Å². The molecule has 1 aromatic heterocycles. The van der Waals surface area contributed by atoms with Crippen LogP contribution < -0.4 is 0 Å². The van der Waals surface area contributed by atoms with Gasteiger partial charge in [0.15, 0.2) is 0 Å². The summed E-state index contributed by atoms with van der Waals surface area (Å²) in [4.78, 5) is 4.64. The molecule has 1 saturated carbocycles. The van der Waals surface area contributed by atoms with Gasteiger partial charge in [0.2, 0.25) is 0 Å². The van der Waals surface area contributed by atoms with Crippen LogP contribution in [-0.4, -0.2) is 9.55 Å². The van der Waals surface area contributed by atoms with E-state index in [9.17, 15) is 0 Å². The second kappa shape index (κ2) is 5.13. The van der Waals surface area contributed by atoms with Crippen LogP contribution in [0.3, 0.4) is 0 Å². The Bertz CT molecular complexity index is 521. The summed E-state index contributed by atoms with van der Waals surface area (Å²) in [5, 5.41) is 0. The molecule has 0 atom stereocenters. The van der Waals surface area contributed by atoms with E-state index in [4.69, 9.17) is 0 Å². The van der Waals surface area contributed by atoms with Crippen LogP contribution in [0.4, 0.5) is 0 Å². The minimum absolute atomic E-state index is 0.944. The van der Waals surface area contributed by atoms with E-state index in [0.29, 0.717) is 0 Å².